The third kappa shape index (κ3) is 3.57. The molecule has 5 nitrogen and oxygen atoms in total. The minimum atomic E-state index is -4.73. The molecule has 0 spiro atoms. The van der Waals surface area contributed by atoms with E-state index in [1.807, 2.05) is 24.3 Å². The summed E-state index contributed by atoms with van der Waals surface area (Å²) in [4.78, 5) is 12.9. The van der Waals surface area contributed by atoms with Gasteiger partial charge in [-0.1, -0.05) is 12.1 Å². The van der Waals surface area contributed by atoms with Gasteiger partial charge in [-0.05, 0) is 42.5 Å². The summed E-state index contributed by atoms with van der Waals surface area (Å²) in [7, 11) is 0. The second kappa shape index (κ2) is 6.80. The molecule has 0 aliphatic heterocycles. The van der Waals surface area contributed by atoms with Gasteiger partial charge in [-0.15, -0.1) is 13.2 Å². The molecule has 28 heavy (non-hydrogen) atoms. The first kappa shape index (κ1) is 17.7. The monoisotopic (exact) mass is 382 g/mol. The van der Waals surface area contributed by atoms with E-state index in [2.05, 4.69) is 19.7 Å². The molecule has 2 aromatic carbocycles. The molecule has 0 aliphatic carbocycles. The highest BCUT2D eigenvalue weighted by molar-refractivity contribution is 6.00. The lowest BCUT2D eigenvalue weighted by molar-refractivity contribution is -0.274. The number of nitrogens with two attached hydrogens (primary N) is 1. The van der Waals surface area contributed by atoms with Gasteiger partial charge in [0.1, 0.15) is 12.1 Å². The highest BCUT2D eigenvalue weighted by Crippen LogP contribution is 2.31. The van der Waals surface area contributed by atoms with Crippen molar-refractivity contribution in [1.29, 1.82) is 0 Å². The van der Waals surface area contributed by atoms with Crippen LogP contribution in [0, 0.1) is 0 Å². The molecule has 8 heteroatoms. The molecule has 0 saturated heterocycles. The third-order valence-electron chi connectivity index (χ3n) is 4.13. The van der Waals surface area contributed by atoms with Crippen LogP contribution in [0.5, 0.6) is 5.75 Å². The van der Waals surface area contributed by atoms with E-state index >= 15 is 0 Å². The molecule has 0 unspecified atom stereocenters. The van der Waals surface area contributed by atoms with E-state index in [-0.39, 0.29) is 5.75 Å². The lowest BCUT2D eigenvalue weighted by atomic mass is 10.0. The number of anilines is 1. The van der Waals surface area contributed by atoms with Gasteiger partial charge >= 0.3 is 6.36 Å². The first-order chi connectivity index (χ1) is 13.4. The molecular formula is C20H13F3N4O. The third-order valence-corrected chi connectivity index (χ3v) is 4.13. The number of hydrogen-bond acceptors (Lipinski definition) is 5. The Morgan fingerprint density at radius 1 is 0.821 bits per heavy atom. The number of nitrogens with zero attached hydrogens (tertiary/aromatic N) is 3. The van der Waals surface area contributed by atoms with Crippen LogP contribution in [0.15, 0.2) is 67.1 Å². The fourth-order valence-electron chi connectivity index (χ4n) is 2.91. The molecule has 0 amide bonds. The van der Waals surface area contributed by atoms with Crippen LogP contribution in [0.25, 0.3) is 33.4 Å². The Bertz CT molecular complexity index is 1140. The van der Waals surface area contributed by atoms with E-state index < -0.39 is 6.36 Å². The number of nitrogen functional groups attached to an aromatic ring is 1. The summed E-state index contributed by atoms with van der Waals surface area (Å²) in [5.74, 6) is -0.295. The zero-order chi connectivity index (χ0) is 19.7. The SMILES string of the molecule is Nc1cccc2c(-c3cc(-c4ccc(OC(F)(F)F)cc4)ncn3)nccc12. The predicted molar refractivity (Wildman–Crippen MR) is 99.3 cm³/mol. The molecule has 0 saturated carbocycles. The van der Waals surface area contributed by atoms with Crippen molar-refractivity contribution in [2.75, 3.05) is 5.73 Å². The van der Waals surface area contributed by atoms with Crippen molar-refractivity contribution in [2.45, 2.75) is 6.36 Å². The molecule has 4 aromatic rings. The molecule has 0 aliphatic rings. The number of alkyl halides is 3. The molecule has 0 fully saturated rings. The van der Waals surface area contributed by atoms with Gasteiger partial charge < -0.3 is 10.5 Å². The van der Waals surface area contributed by atoms with Crippen LogP contribution in [-0.2, 0) is 0 Å². The average Bonchev–Trinajstić information content (AvgIpc) is 2.67. The summed E-state index contributed by atoms with van der Waals surface area (Å²) in [6.07, 6.45) is -1.69. The predicted octanol–water partition coefficient (Wildman–Crippen LogP) is 4.84. The summed E-state index contributed by atoms with van der Waals surface area (Å²) in [6, 6.07) is 14.6. The van der Waals surface area contributed by atoms with E-state index in [0.29, 0.717) is 28.3 Å². The minimum absolute atomic E-state index is 0.295. The topological polar surface area (TPSA) is 73.9 Å². The number of aromatic nitrogens is 3. The zero-order valence-electron chi connectivity index (χ0n) is 14.3. The number of fused-ring (bicyclic) bond motifs is 1. The Hall–Kier alpha value is -3.68. The van der Waals surface area contributed by atoms with Crippen molar-refractivity contribution in [1.82, 2.24) is 15.0 Å². The summed E-state index contributed by atoms with van der Waals surface area (Å²) in [6.45, 7) is 0. The average molecular weight is 382 g/mol. The van der Waals surface area contributed by atoms with Gasteiger partial charge in [-0.3, -0.25) is 4.98 Å². The van der Waals surface area contributed by atoms with Gasteiger partial charge in [0.2, 0.25) is 0 Å². The summed E-state index contributed by atoms with van der Waals surface area (Å²) >= 11 is 0. The normalized spacial score (nSPS) is 11.5. The highest BCUT2D eigenvalue weighted by atomic mass is 19.4. The standard InChI is InChI=1S/C20H13F3N4O/c21-20(22,23)28-13-6-4-12(5-7-13)17-10-18(27-11-26-17)19-15-2-1-3-16(24)14(15)8-9-25-19/h1-11H,24H2. The van der Waals surface area contributed by atoms with Gasteiger partial charge in [-0.2, -0.15) is 0 Å². The van der Waals surface area contributed by atoms with Crippen molar-refractivity contribution in [3.05, 3.63) is 67.1 Å². The fourth-order valence-corrected chi connectivity index (χ4v) is 2.91. The van der Waals surface area contributed by atoms with Crippen LogP contribution >= 0.6 is 0 Å². The lowest BCUT2D eigenvalue weighted by Gasteiger charge is -2.10. The molecule has 2 aromatic heterocycles. The van der Waals surface area contributed by atoms with Crippen molar-refractivity contribution in [2.24, 2.45) is 0 Å². The van der Waals surface area contributed by atoms with E-state index in [1.54, 1.807) is 12.3 Å². The van der Waals surface area contributed by atoms with Gasteiger partial charge in [0, 0.05) is 28.2 Å². The Labute approximate surface area is 157 Å². The maximum absolute atomic E-state index is 12.3. The number of ether oxygens (including phenoxy) is 1. The molecule has 2 N–H and O–H groups in total. The highest BCUT2D eigenvalue weighted by Gasteiger charge is 2.31. The van der Waals surface area contributed by atoms with Gasteiger partial charge in [0.15, 0.2) is 0 Å². The van der Waals surface area contributed by atoms with Crippen LogP contribution in [-0.4, -0.2) is 21.3 Å². The fraction of sp³-hybridized carbons (Fsp3) is 0.0500. The molecule has 0 atom stereocenters. The Kier molecular flexibility index (Phi) is 4.31. The van der Waals surface area contributed by atoms with Crippen molar-refractivity contribution in [3.8, 4) is 28.4 Å². The molecule has 0 radical (unpaired) electrons. The van der Waals surface area contributed by atoms with Crippen LogP contribution < -0.4 is 10.5 Å². The Morgan fingerprint density at radius 3 is 2.32 bits per heavy atom. The Morgan fingerprint density at radius 2 is 1.57 bits per heavy atom. The van der Waals surface area contributed by atoms with E-state index in [9.17, 15) is 13.2 Å². The zero-order valence-corrected chi connectivity index (χ0v) is 14.3. The van der Waals surface area contributed by atoms with E-state index in [1.165, 1.54) is 30.6 Å². The maximum Gasteiger partial charge on any atom is 0.573 e. The van der Waals surface area contributed by atoms with Crippen LogP contribution in [0.3, 0.4) is 0 Å². The minimum Gasteiger partial charge on any atom is -0.406 e. The van der Waals surface area contributed by atoms with Crippen molar-refractivity contribution >= 4 is 16.5 Å². The summed E-state index contributed by atoms with van der Waals surface area (Å²) in [5, 5.41) is 1.71. The number of hydrogen-bond donors (Lipinski definition) is 1. The quantitative estimate of drug-likeness (QED) is 0.513. The van der Waals surface area contributed by atoms with Crippen molar-refractivity contribution < 1.29 is 17.9 Å². The number of pyridine rings is 1. The molecule has 4 rings (SSSR count). The number of benzene rings is 2. The second-order valence-corrected chi connectivity index (χ2v) is 5.96. The van der Waals surface area contributed by atoms with E-state index in [0.717, 1.165) is 10.8 Å². The number of rotatable bonds is 3. The van der Waals surface area contributed by atoms with Crippen molar-refractivity contribution in [3.63, 3.8) is 0 Å². The maximum atomic E-state index is 12.3. The van der Waals surface area contributed by atoms with Crippen LogP contribution in [0.2, 0.25) is 0 Å². The largest absolute Gasteiger partial charge is 0.573 e. The smallest absolute Gasteiger partial charge is 0.406 e. The molecule has 2 heterocycles. The summed E-state index contributed by atoms with van der Waals surface area (Å²) in [5.41, 5.74) is 9.06. The second-order valence-electron chi connectivity index (χ2n) is 5.96. The lowest BCUT2D eigenvalue weighted by Crippen LogP contribution is -2.16. The summed E-state index contributed by atoms with van der Waals surface area (Å²) < 4.78 is 40.8. The number of halogens is 3. The van der Waals surface area contributed by atoms with E-state index in [4.69, 9.17) is 5.73 Å². The molecule has 0 bridgehead atoms. The van der Waals surface area contributed by atoms with Gasteiger partial charge in [0.25, 0.3) is 0 Å². The van der Waals surface area contributed by atoms with Crippen LogP contribution in [0.4, 0.5) is 18.9 Å². The van der Waals surface area contributed by atoms with Gasteiger partial charge in [-0.25, -0.2) is 9.97 Å². The van der Waals surface area contributed by atoms with Gasteiger partial charge in [0.05, 0.1) is 17.1 Å². The molecular weight excluding hydrogens is 369 g/mol. The first-order valence-corrected chi connectivity index (χ1v) is 8.22. The molecule has 140 valence electrons. The Balaban J connectivity index is 1.72. The first-order valence-electron chi connectivity index (χ1n) is 8.22. The van der Waals surface area contributed by atoms with Crippen LogP contribution in [0.1, 0.15) is 0 Å².